The third kappa shape index (κ3) is 8.19. The Bertz CT molecular complexity index is 1760. The SMILES string of the molecule is COc1ccc(S(=O)(=O)N(CCO)CCO[C@H]2C[C@@H](c3coc4ccccc4c3=O)C=C(C(=O)NCCCN3CCCC3=O)O2)cc1. The van der Waals surface area contributed by atoms with E-state index >= 15 is 0 Å². The number of ether oxygens (including phenoxy) is 3. The minimum absolute atomic E-state index is 0.0275. The van der Waals surface area contributed by atoms with E-state index in [9.17, 15) is 27.9 Å². The molecule has 1 aromatic heterocycles. The molecule has 13 nitrogen and oxygen atoms in total. The Balaban J connectivity index is 1.29. The number of methoxy groups -OCH3 is 1. The van der Waals surface area contributed by atoms with Gasteiger partial charge in [-0.25, -0.2) is 8.42 Å². The van der Waals surface area contributed by atoms with Crippen LogP contribution in [-0.4, -0.2) is 93.9 Å². The molecule has 5 rings (SSSR count). The number of benzene rings is 2. The van der Waals surface area contributed by atoms with Gasteiger partial charge in [-0.05, 0) is 55.3 Å². The maximum Gasteiger partial charge on any atom is 0.286 e. The van der Waals surface area contributed by atoms with Gasteiger partial charge in [0.25, 0.3) is 5.91 Å². The number of aliphatic hydroxyl groups is 1. The maximum atomic E-state index is 13.4. The van der Waals surface area contributed by atoms with Crippen molar-refractivity contribution in [2.24, 2.45) is 0 Å². The largest absolute Gasteiger partial charge is 0.497 e. The van der Waals surface area contributed by atoms with E-state index in [1.54, 1.807) is 35.2 Å². The van der Waals surface area contributed by atoms with Crippen LogP contribution in [0.15, 0.2) is 80.7 Å². The molecule has 252 valence electrons. The normalized spacial score (nSPS) is 18.3. The molecule has 3 heterocycles. The molecule has 0 bridgehead atoms. The highest BCUT2D eigenvalue weighted by molar-refractivity contribution is 7.89. The van der Waals surface area contributed by atoms with Gasteiger partial charge in [0.2, 0.25) is 22.2 Å². The van der Waals surface area contributed by atoms with E-state index in [4.69, 9.17) is 18.6 Å². The molecule has 0 saturated carbocycles. The first-order valence-corrected chi connectivity index (χ1v) is 17.0. The van der Waals surface area contributed by atoms with E-state index in [2.05, 4.69) is 5.32 Å². The quantitative estimate of drug-likeness (QED) is 0.230. The van der Waals surface area contributed by atoms with E-state index < -0.39 is 34.7 Å². The number of hydrogen-bond donors (Lipinski definition) is 2. The zero-order valence-electron chi connectivity index (χ0n) is 26.1. The minimum atomic E-state index is -3.97. The highest BCUT2D eigenvalue weighted by Gasteiger charge is 2.32. The summed E-state index contributed by atoms with van der Waals surface area (Å²) in [6, 6.07) is 12.8. The number of fused-ring (bicyclic) bond motifs is 1. The van der Waals surface area contributed by atoms with E-state index in [1.165, 1.54) is 37.6 Å². The summed E-state index contributed by atoms with van der Waals surface area (Å²) in [7, 11) is -2.50. The molecule has 0 unspecified atom stereocenters. The smallest absolute Gasteiger partial charge is 0.286 e. The number of nitrogens with zero attached hydrogens (tertiary/aromatic N) is 2. The number of aliphatic hydroxyl groups excluding tert-OH is 1. The standard InChI is InChI=1S/C33H39N3O10S/c1-43-24-9-11-25(12-10-24)47(41,42)36(16-18-37)17-19-44-31-21-23(27-22-45-28-7-3-2-6-26(28)32(27)39)20-29(46-31)33(40)34-13-5-15-35-14-4-8-30(35)38/h2-3,6-7,9-12,20,22-23,31,37H,4-5,8,13-19,21H2,1H3,(H,34,40)/t23-,31+/m0/s1. The number of hydrogen-bond acceptors (Lipinski definition) is 10. The Hall–Kier alpha value is -4.24. The lowest BCUT2D eigenvalue weighted by atomic mass is 9.93. The predicted octanol–water partition coefficient (Wildman–Crippen LogP) is 2.34. The van der Waals surface area contributed by atoms with E-state index in [-0.39, 0.29) is 48.1 Å². The zero-order valence-corrected chi connectivity index (χ0v) is 26.9. The van der Waals surface area contributed by atoms with Gasteiger partial charge in [0.1, 0.15) is 11.3 Å². The lowest BCUT2D eigenvalue weighted by Crippen LogP contribution is -2.38. The van der Waals surface area contributed by atoms with Gasteiger partial charge in [-0.2, -0.15) is 4.31 Å². The van der Waals surface area contributed by atoms with Crippen LogP contribution in [0.3, 0.4) is 0 Å². The summed E-state index contributed by atoms with van der Waals surface area (Å²) in [5.74, 6) is -0.547. The lowest BCUT2D eigenvalue weighted by Gasteiger charge is -2.30. The lowest BCUT2D eigenvalue weighted by molar-refractivity contribution is -0.146. The molecule has 14 heteroatoms. The number of carbonyl (C=O) groups excluding carboxylic acids is 2. The molecule has 1 saturated heterocycles. The fraction of sp³-hybridized carbons (Fsp3) is 0.424. The summed E-state index contributed by atoms with van der Waals surface area (Å²) in [4.78, 5) is 40.3. The fourth-order valence-corrected chi connectivity index (χ4v) is 7.04. The van der Waals surface area contributed by atoms with Crippen LogP contribution in [0, 0.1) is 0 Å². The molecule has 0 radical (unpaired) electrons. The Morgan fingerprint density at radius 2 is 1.91 bits per heavy atom. The van der Waals surface area contributed by atoms with Crippen molar-refractivity contribution in [1.29, 1.82) is 0 Å². The monoisotopic (exact) mass is 669 g/mol. The van der Waals surface area contributed by atoms with Gasteiger partial charge in [-0.1, -0.05) is 12.1 Å². The van der Waals surface area contributed by atoms with Gasteiger partial charge < -0.3 is 34.0 Å². The average Bonchev–Trinajstić information content (AvgIpc) is 3.50. The highest BCUT2D eigenvalue weighted by Crippen LogP contribution is 2.31. The van der Waals surface area contributed by atoms with Crippen LogP contribution in [0.2, 0.25) is 0 Å². The van der Waals surface area contributed by atoms with Gasteiger partial charge in [0, 0.05) is 57.0 Å². The second-order valence-corrected chi connectivity index (χ2v) is 13.1. The number of allylic oxidation sites excluding steroid dienone is 1. The van der Waals surface area contributed by atoms with E-state index in [1.807, 2.05) is 0 Å². The molecule has 2 aliphatic rings. The van der Waals surface area contributed by atoms with Gasteiger partial charge in [0.15, 0.2) is 11.2 Å². The van der Waals surface area contributed by atoms with Crippen molar-refractivity contribution in [3.8, 4) is 5.75 Å². The topological polar surface area (TPSA) is 165 Å². The number of rotatable bonds is 15. The van der Waals surface area contributed by atoms with Crippen LogP contribution in [0.5, 0.6) is 5.75 Å². The summed E-state index contributed by atoms with van der Waals surface area (Å²) < 4.78 is 50.4. The van der Waals surface area contributed by atoms with Crippen molar-refractivity contribution in [2.75, 3.05) is 53.0 Å². The number of sulfonamides is 1. The first-order chi connectivity index (χ1) is 22.7. The molecular formula is C33H39N3O10S. The highest BCUT2D eigenvalue weighted by atomic mass is 32.2. The average molecular weight is 670 g/mol. The number of amides is 2. The van der Waals surface area contributed by atoms with Crippen LogP contribution in [-0.2, 0) is 29.1 Å². The minimum Gasteiger partial charge on any atom is -0.497 e. The molecule has 2 aromatic carbocycles. The first kappa shape index (κ1) is 34.1. The van der Waals surface area contributed by atoms with Crippen LogP contribution in [0.25, 0.3) is 11.0 Å². The summed E-state index contributed by atoms with van der Waals surface area (Å²) in [5, 5.41) is 12.8. The van der Waals surface area contributed by atoms with Crippen molar-refractivity contribution in [1.82, 2.24) is 14.5 Å². The van der Waals surface area contributed by atoms with Gasteiger partial charge in [-0.3, -0.25) is 14.4 Å². The van der Waals surface area contributed by atoms with Crippen LogP contribution < -0.4 is 15.5 Å². The molecule has 2 aliphatic heterocycles. The molecule has 1 fully saturated rings. The van der Waals surface area contributed by atoms with Crippen molar-refractivity contribution >= 4 is 32.8 Å². The van der Waals surface area contributed by atoms with Gasteiger partial charge in [0.05, 0.1) is 36.9 Å². The maximum absolute atomic E-state index is 13.4. The molecular weight excluding hydrogens is 630 g/mol. The van der Waals surface area contributed by atoms with Gasteiger partial charge in [-0.15, -0.1) is 0 Å². The van der Waals surface area contributed by atoms with Crippen molar-refractivity contribution in [2.45, 2.75) is 42.8 Å². The Morgan fingerprint density at radius 3 is 2.64 bits per heavy atom. The van der Waals surface area contributed by atoms with E-state index in [0.29, 0.717) is 54.8 Å². The number of para-hydroxylation sites is 1. The fourth-order valence-electron chi connectivity index (χ4n) is 5.63. The number of carbonyl (C=O) groups is 2. The van der Waals surface area contributed by atoms with Crippen LogP contribution in [0.4, 0.5) is 0 Å². The molecule has 0 aliphatic carbocycles. The molecule has 3 aromatic rings. The van der Waals surface area contributed by atoms with Crippen molar-refractivity contribution in [3.05, 3.63) is 82.4 Å². The molecule has 2 amide bonds. The molecule has 0 spiro atoms. The Labute approximate surface area is 272 Å². The second-order valence-electron chi connectivity index (χ2n) is 11.2. The number of nitrogens with one attached hydrogen (secondary N) is 1. The summed E-state index contributed by atoms with van der Waals surface area (Å²) >= 11 is 0. The van der Waals surface area contributed by atoms with E-state index in [0.717, 1.165) is 10.7 Å². The molecule has 2 N–H and O–H groups in total. The van der Waals surface area contributed by atoms with Crippen molar-refractivity contribution < 1.29 is 41.7 Å². The third-order valence-electron chi connectivity index (χ3n) is 8.14. The Morgan fingerprint density at radius 1 is 1.13 bits per heavy atom. The van der Waals surface area contributed by atoms with Crippen molar-refractivity contribution in [3.63, 3.8) is 0 Å². The van der Waals surface area contributed by atoms with Crippen LogP contribution >= 0.6 is 0 Å². The predicted molar refractivity (Wildman–Crippen MR) is 171 cm³/mol. The zero-order chi connectivity index (χ0) is 33.4. The van der Waals surface area contributed by atoms with Crippen LogP contribution in [0.1, 0.15) is 37.2 Å². The first-order valence-electron chi connectivity index (χ1n) is 15.5. The third-order valence-corrected chi connectivity index (χ3v) is 10.1. The van der Waals surface area contributed by atoms with Gasteiger partial charge >= 0.3 is 0 Å². The molecule has 2 atom stereocenters. The molecule has 47 heavy (non-hydrogen) atoms. The number of likely N-dealkylation sites (tertiary alicyclic amines) is 1. The second kappa shape index (κ2) is 15.6. The summed E-state index contributed by atoms with van der Waals surface area (Å²) in [6.07, 6.45) is 4.03. The summed E-state index contributed by atoms with van der Waals surface area (Å²) in [5.41, 5.74) is 0.507. The summed E-state index contributed by atoms with van der Waals surface area (Å²) in [6.45, 7) is 0.740. The Kier molecular flexibility index (Phi) is 11.3.